The van der Waals surface area contributed by atoms with Crippen LogP contribution in [0.4, 0.5) is 10.5 Å². The number of urea groups is 1. The van der Waals surface area contributed by atoms with Crippen LogP contribution >= 0.6 is 15.9 Å². The summed E-state index contributed by atoms with van der Waals surface area (Å²) in [5, 5.41) is 20.6. The number of hydrogen-bond donors (Lipinski definition) is 3. The number of methoxy groups -OCH3 is 1. The lowest BCUT2D eigenvalue weighted by Gasteiger charge is -2.22. The SMILES string of the molecule is COCCN(CCO)C(=O)Nc1cc(Br)ccc1C(=O)O. The molecule has 0 fully saturated rings. The van der Waals surface area contributed by atoms with Gasteiger partial charge in [0.15, 0.2) is 0 Å². The van der Waals surface area contributed by atoms with Crippen molar-refractivity contribution in [2.75, 3.05) is 38.7 Å². The van der Waals surface area contributed by atoms with Crippen LogP contribution in [0, 0.1) is 0 Å². The number of amides is 2. The summed E-state index contributed by atoms with van der Waals surface area (Å²) in [6, 6.07) is 3.99. The van der Waals surface area contributed by atoms with Gasteiger partial charge in [-0.25, -0.2) is 9.59 Å². The van der Waals surface area contributed by atoms with E-state index in [4.69, 9.17) is 14.9 Å². The fourth-order valence-corrected chi connectivity index (χ4v) is 2.00. The summed E-state index contributed by atoms with van der Waals surface area (Å²) in [5.74, 6) is -1.14. The summed E-state index contributed by atoms with van der Waals surface area (Å²) in [7, 11) is 1.51. The van der Waals surface area contributed by atoms with Crippen LogP contribution in [-0.2, 0) is 4.74 Å². The third-order valence-corrected chi connectivity index (χ3v) is 3.17. The van der Waals surface area contributed by atoms with Crippen molar-refractivity contribution in [3.05, 3.63) is 28.2 Å². The number of rotatable bonds is 7. The van der Waals surface area contributed by atoms with Gasteiger partial charge in [0.2, 0.25) is 0 Å². The van der Waals surface area contributed by atoms with Gasteiger partial charge >= 0.3 is 12.0 Å². The zero-order valence-electron chi connectivity index (χ0n) is 11.5. The number of anilines is 1. The minimum absolute atomic E-state index is 0.0118. The van der Waals surface area contributed by atoms with Crippen LogP contribution in [0.15, 0.2) is 22.7 Å². The van der Waals surface area contributed by atoms with Crippen LogP contribution in [0.1, 0.15) is 10.4 Å². The number of carbonyl (C=O) groups excluding carboxylic acids is 1. The van der Waals surface area contributed by atoms with Gasteiger partial charge in [0, 0.05) is 24.7 Å². The molecule has 0 heterocycles. The first kappa shape index (κ1) is 17.4. The van der Waals surface area contributed by atoms with Crippen molar-refractivity contribution in [1.82, 2.24) is 4.90 Å². The first-order valence-corrected chi connectivity index (χ1v) is 6.97. The van der Waals surface area contributed by atoms with Gasteiger partial charge in [0.05, 0.1) is 24.5 Å². The normalized spacial score (nSPS) is 10.2. The fourth-order valence-electron chi connectivity index (χ4n) is 1.64. The lowest BCUT2D eigenvalue weighted by molar-refractivity contribution is 0.0698. The number of carboxylic acid groups (broad SMARTS) is 1. The molecule has 8 heteroatoms. The first-order valence-electron chi connectivity index (χ1n) is 6.18. The Morgan fingerprint density at radius 1 is 1.38 bits per heavy atom. The molecule has 0 aromatic heterocycles. The third-order valence-electron chi connectivity index (χ3n) is 2.68. The second-order valence-electron chi connectivity index (χ2n) is 4.13. The molecular weight excluding hydrogens is 344 g/mol. The minimum Gasteiger partial charge on any atom is -0.478 e. The molecule has 1 aromatic rings. The van der Waals surface area contributed by atoms with Crippen molar-refractivity contribution in [3.8, 4) is 0 Å². The van der Waals surface area contributed by atoms with Gasteiger partial charge in [0.1, 0.15) is 0 Å². The van der Waals surface area contributed by atoms with E-state index in [1.807, 2.05) is 0 Å². The zero-order chi connectivity index (χ0) is 15.8. The molecule has 1 rings (SSSR count). The monoisotopic (exact) mass is 360 g/mol. The van der Waals surface area contributed by atoms with Gasteiger partial charge in [-0.2, -0.15) is 0 Å². The number of nitrogens with zero attached hydrogens (tertiary/aromatic N) is 1. The van der Waals surface area contributed by atoms with Crippen molar-refractivity contribution in [1.29, 1.82) is 0 Å². The minimum atomic E-state index is -1.14. The molecule has 0 saturated heterocycles. The Balaban J connectivity index is 2.89. The number of carboxylic acids is 1. The Bertz CT molecular complexity index is 509. The average molecular weight is 361 g/mol. The average Bonchev–Trinajstić information content (AvgIpc) is 2.43. The van der Waals surface area contributed by atoms with Crippen LogP contribution in [0.5, 0.6) is 0 Å². The lowest BCUT2D eigenvalue weighted by atomic mass is 10.2. The van der Waals surface area contributed by atoms with Crippen LogP contribution in [-0.4, -0.2) is 60.5 Å². The highest BCUT2D eigenvalue weighted by Crippen LogP contribution is 2.22. The van der Waals surface area contributed by atoms with E-state index in [1.54, 1.807) is 6.07 Å². The number of nitrogens with one attached hydrogen (secondary N) is 1. The molecule has 0 unspecified atom stereocenters. The second kappa shape index (κ2) is 8.60. The van der Waals surface area contributed by atoms with Crippen molar-refractivity contribution >= 4 is 33.6 Å². The van der Waals surface area contributed by atoms with Gasteiger partial charge in [-0.1, -0.05) is 15.9 Å². The quantitative estimate of drug-likeness (QED) is 0.686. The highest BCUT2D eigenvalue weighted by atomic mass is 79.9. The summed E-state index contributed by atoms with van der Waals surface area (Å²) in [6.07, 6.45) is 0. The Kier molecular flexibility index (Phi) is 7.13. The number of ether oxygens (including phenoxy) is 1. The van der Waals surface area contributed by atoms with Gasteiger partial charge in [-0.3, -0.25) is 0 Å². The molecule has 0 aliphatic heterocycles. The second-order valence-corrected chi connectivity index (χ2v) is 5.04. The van der Waals surface area contributed by atoms with E-state index in [2.05, 4.69) is 21.2 Å². The van der Waals surface area contributed by atoms with Crippen LogP contribution in [0.3, 0.4) is 0 Å². The van der Waals surface area contributed by atoms with Crippen LogP contribution in [0.2, 0.25) is 0 Å². The van der Waals surface area contributed by atoms with Gasteiger partial charge in [-0.15, -0.1) is 0 Å². The molecule has 0 spiro atoms. The number of aliphatic hydroxyl groups excluding tert-OH is 1. The van der Waals surface area contributed by atoms with Gasteiger partial charge < -0.3 is 25.2 Å². The van der Waals surface area contributed by atoms with E-state index < -0.39 is 12.0 Å². The number of halogens is 1. The summed E-state index contributed by atoms with van der Waals surface area (Å²) in [6.45, 7) is 0.546. The van der Waals surface area contributed by atoms with Gasteiger partial charge in [-0.05, 0) is 18.2 Å². The van der Waals surface area contributed by atoms with E-state index in [0.29, 0.717) is 17.6 Å². The van der Waals surface area contributed by atoms with Crippen molar-refractivity contribution in [2.24, 2.45) is 0 Å². The molecule has 21 heavy (non-hydrogen) atoms. The number of benzene rings is 1. The maximum absolute atomic E-state index is 12.1. The highest BCUT2D eigenvalue weighted by Gasteiger charge is 2.17. The molecule has 1 aromatic carbocycles. The van der Waals surface area contributed by atoms with E-state index in [0.717, 1.165) is 0 Å². The van der Waals surface area contributed by atoms with Crippen molar-refractivity contribution in [3.63, 3.8) is 0 Å². The lowest BCUT2D eigenvalue weighted by Crippen LogP contribution is -2.39. The van der Waals surface area contributed by atoms with E-state index in [-0.39, 0.29) is 24.4 Å². The number of hydrogen-bond acceptors (Lipinski definition) is 4. The predicted molar refractivity (Wildman–Crippen MR) is 80.7 cm³/mol. The molecule has 0 aliphatic carbocycles. The molecule has 0 radical (unpaired) electrons. The van der Waals surface area contributed by atoms with Crippen molar-refractivity contribution in [2.45, 2.75) is 0 Å². The van der Waals surface area contributed by atoms with Crippen molar-refractivity contribution < 1.29 is 24.5 Å². The maximum Gasteiger partial charge on any atom is 0.337 e. The van der Waals surface area contributed by atoms with Crippen LogP contribution < -0.4 is 5.32 Å². The fraction of sp³-hybridized carbons (Fsp3) is 0.385. The summed E-state index contributed by atoms with van der Waals surface area (Å²) < 4.78 is 5.54. The number of carbonyl (C=O) groups is 2. The molecule has 3 N–H and O–H groups in total. The molecule has 0 bridgehead atoms. The van der Waals surface area contributed by atoms with E-state index in [1.165, 1.54) is 24.1 Å². The zero-order valence-corrected chi connectivity index (χ0v) is 13.1. The van der Waals surface area contributed by atoms with Gasteiger partial charge in [0.25, 0.3) is 0 Å². The first-order chi connectivity index (χ1) is 9.99. The Morgan fingerprint density at radius 2 is 2.10 bits per heavy atom. The molecule has 7 nitrogen and oxygen atoms in total. The standard InChI is InChI=1S/C13H17BrN2O5/c1-21-7-5-16(4-6-17)13(20)15-11-8-9(14)2-3-10(11)12(18)19/h2-3,8,17H,4-7H2,1H3,(H,15,20)(H,18,19). The number of aliphatic hydroxyl groups is 1. The summed E-state index contributed by atoms with van der Waals surface area (Å²) >= 11 is 3.23. The maximum atomic E-state index is 12.1. The summed E-state index contributed by atoms with van der Waals surface area (Å²) in [4.78, 5) is 24.6. The predicted octanol–water partition coefficient (Wildman–Crippen LogP) is 1.62. The topological polar surface area (TPSA) is 99.1 Å². The molecule has 116 valence electrons. The third kappa shape index (κ3) is 5.33. The smallest absolute Gasteiger partial charge is 0.337 e. The molecular formula is C13H17BrN2O5. The molecule has 0 aliphatic rings. The van der Waals surface area contributed by atoms with E-state index in [9.17, 15) is 9.59 Å². The number of aromatic carboxylic acids is 1. The largest absolute Gasteiger partial charge is 0.478 e. The van der Waals surface area contributed by atoms with Crippen LogP contribution in [0.25, 0.3) is 0 Å². The highest BCUT2D eigenvalue weighted by molar-refractivity contribution is 9.10. The summed E-state index contributed by atoms with van der Waals surface area (Å²) in [5.41, 5.74) is 0.171. The van der Waals surface area contributed by atoms with E-state index >= 15 is 0 Å². The Hall–Kier alpha value is -1.64. The molecule has 2 amide bonds. The molecule has 0 atom stereocenters. The Labute approximate surface area is 130 Å². The molecule has 0 saturated carbocycles. The Morgan fingerprint density at radius 3 is 2.67 bits per heavy atom.